The zero-order valence-corrected chi connectivity index (χ0v) is 14.3. The first-order valence-electron chi connectivity index (χ1n) is 8.36. The molecule has 3 rings (SSSR count). The minimum Gasteiger partial charge on any atom is -0.667 e. The molecule has 0 aliphatic carbocycles. The summed E-state index contributed by atoms with van der Waals surface area (Å²) in [4.78, 5) is 16.4. The van der Waals surface area contributed by atoms with Crippen molar-refractivity contribution < 1.29 is 18.0 Å². The van der Waals surface area contributed by atoms with Crippen LogP contribution in [0, 0.1) is 0 Å². The molecule has 0 unspecified atom stereocenters. The molecule has 1 amide bonds. The molecule has 4 nitrogen and oxygen atoms in total. The van der Waals surface area contributed by atoms with Crippen molar-refractivity contribution in [3.05, 3.63) is 77.7 Å². The van der Waals surface area contributed by atoms with Crippen molar-refractivity contribution in [1.82, 2.24) is 4.98 Å². The molecule has 0 saturated heterocycles. The Bertz CT molecular complexity index is 939. The highest BCUT2D eigenvalue weighted by Gasteiger charge is 2.29. The molecule has 1 atom stereocenters. The molecule has 0 radical (unpaired) electrons. The first kappa shape index (κ1) is 18.8. The van der Waals surface area contributed by atoms with E-state index in [9.17, 15) is 18.0 Å². The molecule has 1 heterocycles. The van der Waals surface area contributed by atoms with Gasteiger partial charge in [-0.3, -0.25) is 9.78 Å². The third-order valence-electron chi connectivity index (χ3n) is 4.18. The monoisotopic (exact) mass is 372 g/mol. The summed E-state index contributed by atoms with van der Waals surface area (Å²) < 4.78 is 37.7. The number of benzene rings is 2. The smallest absolute Gasteiger partial charge is 0.416 e. The molecular weight excluding hydrogens is 355 g/mol. The topological polar surface area (TPSA) is 65.8 Å². The third kappa shape index (κ3) is 4.83. The van der Waals surface area contributed by atoms with Crippen LogP contribution in [0.2, 0.25) is 0 Å². The number of alkyl halides is 3. The number of para-hydroxylation sites is 1. The Morgan fingerprint density at radius 1 is 1.11 bits per heavy atom. The highest BCUT2D eigenvalue weighted by atomic mass is 19.4. The predicted octanol–water partition coefficient (Wildman–Crippen LogP) is 5.25. The van der Waals surface area contributed by atoms with E-state index in [1.54, 1.807) is 6.07 Å². The van der Waals surface area contributed by atoms with E-state index in [0.29, 0.717) is 17.7 Å². The van der Waals surface area contributed by atoms with Crippen LogP contribution in [-0.2, 0) is 17.4 Å². The van der Waals surface area contributed by atoms with Gasteiger partial charge in [-0.2, -0.15) is 13.2 Å². The van der Waals surface area contributed by atoms with Crippen LogP contribution in [0.25, 0.3) is 16.6 Å². The molecule has 2 aromatic carbocycles. The summed E-state index contributed by atoms with van der Waals surface area (Å²) in [6, 6.07) is 13.0. The van der Waals surface area contributed by atoms with Gasteiger partial charge in [0.05, 0.1) is 23.0 Å². The van der Waals surface area contributed by atoms with Gasteiger partial charge in [-0.15, -0.1) is 0 Å². The van der Waals surface area contributed by atoms with Gasteiger partial charge < -0.3 is 11.1 Å². The Labute approximate surface area is 154 Å². The van der Waals surface area contributed by atoms with Gasteiger partial charge in [0.2, 0.25) is 5.91 Å². The normalized spacial score (nSPS) is 12.7. The SMILES string of the molecule is [NH-][C@H](CCc1ccc(C(F)(F)F)cc1)C(=O)Nc1cnc2ccccc2c1. The minimum atomic E-state index is -4.37. The van der Waals surface area contributed by atoms with Crippen LogP contribution in [0.4, 0.5) is 18.9 Å². The number of halogens is 3. The highest BCUT2D eigenvalue weighted by Crippen LogP contribution is 2.29. The van der Waals surface area contributed by atoms with Crippen molar-refractivity contribution in [3.8, 4) is 0 Å². The first-order valence-corrected chi connectivity index (χ1v) is 8.36. The van der Waals surface area contributed by atoms with Crippen molar-refractivity contribution in [1.29, 1.82) is 0 Å². The molecule has 1 aromatic heterocycles. The number of hydrogen-bond acceptors (Lipinski definition) is 2. The lowest BCUT2D eigenvalue weighted by molar-refractivity contribution is -0.137. The molecule has 7 heteroatoms. The number of anilines is 1. The van der Waals surface area contributed by atoms with Crippen LogP contribution in [-0.4, -0.2) is 16.9 Å². The summed E-state index contributed by atoms with van der Waals surface area (Å²) >= 11 is 0. The van der Waals surface area contributed by atoms with E-state index in [4.69, 9.17) is 5.73 Å². The molecule has 0 bridgehead atoms. The number of fused-ring (bicyclic) bond motifs is 1. The maximum Gasteiger partial charge on any atom is 0.416 e. The van der Waals surface area contributed by atoms with E-state index in [1.165, 1.54) is 18.3 Å². The van der Waals surface area contributed by atoms with Crippen LogP contribution >= 0.6 is 0 Å². The van der Waals surface area contributed by atoms with Crippen LogP contribution < -0.4 is 5.32 Å². The number of aromatic nitrogens is 1. The average molecular weight is 372 g/mol. The van der Waals surface area contributed by atoms with Gasteiger partial charge in [-0.05, 0) is 36.2 Å². The summed E-state index contributed by atoms with van der Waals surface area (Å²) in [6.45, 7) is 0. The molecule has 3 aromatic rings. The van der Waals surface area contributed by atoms with Gasteiger partial charge >= 0.3 is 6.18 Å². The fraction of sp³-hybridized carbons (Fsp3) is 0.200. The second-order valence-corrected chi connectivity index (χ2v) is 6.19. The molecule has 0 spiro atoms. The number of carbonyl (C=O) groups excluding carboxylic acids is 1. The second-order valence-electron chi connectivity index (χ2n) is 6.19. The Morgan fingerprint density at radius 3 is 2.52 bits per heavy atom. The molecule has 0 aliphatic heterocycles. The van der Waals surface area contributed by atoms with E-state index in [1.807, 2.05) is 24.3 Å². The molecule has 27 heavy (non-hydrogen) atoms. The third-order valence-corrected chi connectivity index (χ3v) is 4.18. The zero-order chi connectivity index (χ0) is 19.4. The summed E-state index contributed by atoms with van der Waals surface area (Å²) in [5.74, 6) is -0.473. The average Bonchev–Trinajstić information content (AvgIpc) is 2.65. The van der Waals surface area contributed by atoms with Gasteiger partial charge in [0.1, 0.15) is 0 Å². The Kier molecular flexibility index (Phi) is 5.41. The number of aryl methyl sites for hydroxylation is 1. The summed E-state index contributed by atoms with van der Waals surface area (Å²) in [5.41, 5.74) is 9.22. The van der Waals surface area contributed by atoms with Crippen LogP contribution in [0.1, 0.15) is 17.5 Å². The van der Waals surface area contributed by atoms with Crippen molar-refractivity contribution in [2.24, 2.45) is 0 Å². The molecule has 0 aliphatic rings. The van der Waals surface area contributed by atoms with E-state index in [-0.39, 0.29) is 6.42 Å². The molecule has 2 N–H and O–H groups in total. The van der Waals surface area contributed by atoms with Crippen LogP contribution in [0.5, 0.6) is 0 Å². The van der Waals surface area contributed by atoms with E-state index >= 15 is 0 Å². The predicted molar refractivity (Wildman–Crippen MR) is 98.2 cm³/mol. The molecule has 140 valence electrons. The Hall–Kier alpha value is -2.93. The number of hydrogen-bond donors (Lipinski definition) is 1. The molecular formula is C20H17F3N3O-. The fourth-order valence-corrected chi connectivity index (χ4v) is 2.67. The number of carbonyl (C=O) groups is 1. The standard InChI is InChI=1S/C20H17F3N3O/c21-20(22,23)15-8-5-13(6-9-15)7-10-17(24)19(27)26-16-11-14-3-1-2-4-18(14)25-12-16/h1-6,8-9,11-12,17,24H,7,10H2,(H,26,27)/q-1/t17-/m1/s1. The van der Waals surface area contributed by atoms with Crippen LogP contribution in [0.15, 0.2) is 60.8 Å². The van der Waals surface area contributed by atoms with Crippen molar-refractivity contribution in [2.45, 2.75) is 25.1 Å². The maximum atomic E-state index is 12.6. The lowest BCUT2D eigenvalue weighted by atomic mass is 10.0. The van der Waals surface area contributed by atoms with E-state index in [0.717, 1.165) is 23.0 Å². The number of rotatable bonds is 5. The quantitative estimate of drug-likeness (QED) is 0.665. The van der Waals surface area contributed by atoms with Gasteiger partial charge in [0, 0.05) is 5.39 Å². The lowest BCUT2D eigenvalue weighted by Crippen LogP contribution is -2.25. The fourth-order valence-electron chi connectivity index (χ4n) is 2.67. The number of nitrogens with zero attached hydrogens (tertiary/aromatic N) is 1. The molecule has 0 saturated carbocycles. The Balaban J connectivity index is 1.57. The van der Waals surface area contributed by atoms with Crippen molar-refractivity contribution in [2.75, 3.05) is 5.32 Å². The largest absolute Gasteiger partial charge is 0.667 e. The Morgan fingerprint density at radius 2 is 1.81 bits per heavy atom. The van der Waals surface area contributed by atoms with Crippen LogP contribution in [0.3, 0.4) is 0 Å². The number of pyridine rings is 1. The zero-order valence-electron chi connectivity index (χ0n) is 14.3. The van der Waals surface area contributed by atoms with Gasteiger partial charge in [0.15, 0.2) is 0 Å². The number of nitrogens with one attached hydrogen (secondary N) is 2. The summed E-state index contributed by atoms with van der Waals surface area (Å²) in [5, 5.41) is 3.54. The minimum absolute atomic E-state index is 0.207. The van der Waals surface area contributed by atoms with Gasteiger partial charge in [-0.1, -0.05) is 42.8 Å². The van der Waals surface area contributed by atoms with Crippen molar-refractivity contribution in [3.63, 3.8) is 0 Å². The molecule has 0 fully saturated rings. The lowest BCUT2D eigenvalue weighted by Gasteiger charge is -2.19. The first-order chi connectivity index (χ1) is 12.8. The van der Waals surface area contributed by atoms with Gasteiger partial charge in [-0.25, -0.2) is 0 Å². The van der Waals surface area contributed by atoms with Crippen molar-refractivity contribution >= 4 is 22.5 Å². The number of amides is 1. The van der Waals surface area contributed by atoms with E-state index < -0.39 is 23.7 Å². The highest BCUT2D eigenvalue weighted by molar-refractivity contribution is 5.97. The summed E-state index contributed by atoms with van der Waals surface area (Å²) in [6.07, 6.45) is -2.29. The summed E-state index contributed by atoms with van der Waals surface area (Å²) in [7, 11) is 0. The maximum absolute atomic E-state index is 12.6. The second kappa shape index (κ2) is 7.75. The van der Waals surface area contributed by atoms with E-state index in [2.05, 4.69) is 10.3 Å². The van der Waals surface area contributed by atoms with Gasteiger partial charge in [0.25, 0.3) is 0 Å².